The predicted octanol–water partition coefficient (Wildman–Crippen LogP) is 2.56. The second kappa shape index (κ2) is 7.24. The minimum Gasteiger partial charge on any atom is -0.497 e. The van der Waals surface area contributed by atoms with Gasteiger partial charge in [-0.25, -0.2) is 4.39 Å². The van der Waals surface area contributed by atoms with Crippen LogP contribution < -0.4 is 10.1 Å². The lowest BCUT2D eigenvalue weighted by Crippen LogP contribution is -2.42. The number of methoxy groups -OCH3 is 1. The highest BCUT2D eigenvalue weighted by Crippen LogP contribution is 2.17. The Morgan fingerprint density at radius 3 is 2.57 bits per heavy atom. The summed E-state index contributed by atoms with van der Waals surface area (Å²) in [4.78, 5) is 12.0. The molecule has 1 amide bonds. The molecule has 122 valence electrons. The Kier molecular flexibility index (Phi) is 5.34. The fraction of sp³-hybridized carbons (Fsp3) is 0.278. The summed E-state index contributed by atoms with van der Waals surface area (Å²) in [6.45, 7) is 1.71. The molecule has 1 unspecified atom stereocenters. The molecule has 2 aromatic carbocycles. The first-order chi connectivity index (χ1) is 10.9. The van der Waals surface area contributed by atoms with E-state index in [-0.39, 0.29) is 12.1 Å². The maximum absolute atomic E-state index is 13.1. The van der Waals surface area contributed by atoms with Crippen molar-refractivity contribution in [1.29, 1.82) is 0 Å². The number of halogens is 1. The minimum atomic E-state index is -1.11. The summed E-state index contributed by atoms with van der Waals surface area (Å²) in [6, 6.07) is 12.8. The van der Waals surface area contributed by atoms with Gasteiger partial charge in [-0.15, -0.1) is 0 Å². The number of nitrogens with one attached hydrogen (secondary N) is 1. The van der Waals surface area contributed by atoms with Gasteiger partial charge >= 0.3 is 0 Å². The molecule has 0 saturated carbocycles. The third-order valence-corrected chi connectivity index (χ3v) is 3.46. The largest absolute Gasteiger partial charge is 0.497 e. The first kappa shape index (κ1) is 17.0. The van der Waals surface area contributed by atoms with Crippen LogP contribution in [0.1, 0.15) is 22.8 Å². The van der Waals surface area contributed by atoms with Gasteiger partial charge < -0.3 is 15.2 Å². The third kappa shape index (κ3) is 5.07. The van der Waals surface area contributed by atoms with E-state index in [0.29, 0.717) is 6.42 Å². The minimum absolute atomic E-state index is 0.0639. The van der Waals surface area contributed by atoms with Gasteiger partial charge in [0.25, 0.3) is 5.91 Å². The number of ether oxygens (including phenoxy) is 1. The number of hydrogen-bond acceptors (Lipinski definition) is 3. The van der Waals surface area contributed by atoms with Crippen LogP contribution in [0.5, 0.6) is 5.75 Å². The first-order valence-electron chi connectivity index (χ1n) is 7.29. The van der Waals surface area contributed by atoms with Crippen LogP contribution in [-0.4, -0.2) is 30.3 Å². The van der Waals surface area contributed by atoms with Crippen LogP contribution in [0.25, 0.3) is 0 Å². The zero-order valence-corrected chi connectivity index (χ0v) is 13.2. The van der Waals surface area contributed by atoms with E-state index in [2.05, 4.69) is 5.32 Å². The van der Waals surface area contributed by atoms with E-state index in [9.17, 15) is 14.3 Å². The second-order valence-corrected chi connectivity index (χ2v) is 5.71. The average Bonchev–Trinajstić information content (AvgIpc) is 2.53. The molecule has 5 heteroatoms. The van der Waals surface area contributed by atoms with Crippen LogP contribution in [-0.2, 0) is 6.42 Å². The Morgan fingerprint density at radius 2 is 1.96 bits per heavy atom. The summed E-state index contributed by atoms with van der Waals surface area (Å²) in [5.41, 5.74) is 0.0402. The number of benzene rings is 2. The molecule has 0 radical (unpaired) electrons. The summed E-state index contributed by atoms with van der Waals surface area (Å²) in [7, 11) is 1.59. The van der Waals surface area contributed by atoms with E-state index < -0.39 is 17.3 Å². The molecule has 0 aliphatic carbocycles. The molecule has 1 atom stereocenters. The van der Waals surface area contributed by atoms with Crippen LogP contribution in [0.15, 0.2) is 48.5 Å². The molecule has 0 aliphatic rings. The summed E-state index contributed by atoms with van der Waals surface area (Å²) in [6.07, 6.45) is 0.375. The summed E-state index contributed by atoms with van der Waals surface area (Å²) in [5, 5.41) is 13.1. The second-order valence-electron chi connectivity index (χ2n) is 5.71. The molecule has 2 rings (SSSR count). The lowest BCUT2D eigenvalue weighted by molar-refractivity contribution is 0.0552. The van der Waals surface area contributed by atoms with Crippen molar-refractivity contribution in [3.63, 3.8) is 0 Å². The van der Waals surface area contributed by atoms with E-state index in [1.165, 1.54) is 18.2 Å². The van der Waals surface area contributed by atoms with Gasteiger partial charge in [0.05, 0.1) is 12.7 Å². The van der Waals surface area contributed by atoms with Gasteiger partial charge in [-0.2, -0.15) is 0 Å². The topological polar surface area (TPSA) is 58.6 Å². The van der Waals surface area contributed by atoms with Crippen LogP contribution in [0.2, 0.25) is 0 Å². The van der Waals surface area contributed by atoms with E-state index in [4.69, 9.17) is 4.74 Å². The van der Waals surface area contributed by atoms with Gasteiger partial charge in [0.1, 0.15) is 11.6 Å². The van der Waals surface area contributed by atoms with E-state index in [1.54, 1.807) is 14.0 Å². The van der Waals surface area contributed by atoms with Crippen molar-refractivity contribution >= 4 is 5.91 Å². The molecule has 23 heavy (non-hydrogen) atoms. The molecule has 0 aromatic heterocycles. The highest BCUT2D eigenvalue weighted by Gasteiger charge is 2.22. The van der Waals surface area contributed by atoms with E-state index in [1.807, 2.05) is 24.3 Å². The SMILES string of the molecule is COc1ccc(CC(C)(O)CNC(=O)c2cccc(F)c2)cc1. The molecule has 0 heterocycles. The standard InChI is InChI=1S/C18H20FNO3/c1-18(22,11-13-6-8-16(23-2)9-7-13)12-20-17(21)14-4-3-5-15(19)10-14/h3-10,22H,11-12H2,1-2H3,(H,20,21). The van der Waals surface area contributed by atoms with Gasteiger partial charge in [-0.3, -0.25) is 4.79 Å². The highest BCUT2D eigenvalue weighted by atomic mass is 19.1. The van der Waals surface area contributed by atoms with E-state index in [0.717, 1.165) is 17.4 Å². The highest BCUT2D eigenvalue weighted by molar-refractivity contribution is 5.94. The quantitative estimate of drug-likeness (QED) is 0.861. The van der Waals surface area contributed by atoms with Crippen molar-refractivity contribution < 1.29 is 19.0 Å². The smallest absolute Gasteiger partial charge is 0.251 e. The number of hydrogen-bond donors (Lipinski definition) is 2. The molecule has 0 fully saturated rings. The number of carbonyl (C=O) groups is 1. The van der Waals surface area contributed by atoms with Crippen molar-refractivity contribution in [2.24, 2.45) is 0 Å². The zero-order chi connectivity index (χ0) is 16.9. The number of carbonyl (C=O) groups excluding carboxylic acids is 1. The number of amides is 1. The Balaban J connectivity index is 1.93. The fourth-order valence-electron chi connectivity index (χ4n) is 2.25. The molecule has 0 spiro atoms. The molecule has 0 bridgehead atoms. The van der Waals surface area contributed by atoms with Gasteiger partial charge in [0.15, 0.2) is 0 Å². The Bertz CT molecular complexity index is 668. The third-order valence-electron chi connectivity index (χ3n) is 3.46. The van der Waals surface area contributed by atoms with Crippen LogP contribution in [0.3, 0.4) is 0 Å². The summed E-state index contributed by atoms with van der Waals surface area (Å²) < 4.78 is 18.2. The average molecular weight is 317 g/mol. The summed E-state index contributed by atoms with van der Waals surface area (Å²) in [5.74, 6) is -0.144. The van der Waals surface area contributed by atoms with Gasteiger partial charge in [-0.1, -0.05) is 18.2 Å². The van der Waals surface area contributed by atoms with Crippen molar-refractivity contribution in [2.45, 2.75) is 18.9 Å². The molecule has 4 nitrogen and oxygen atoms in total. The van der Waals surface area contributed by atoms with Gasteiger partial charge in [-0.05, 0) is 42.8 Å². The zero-order valence-electron chi connectivity index (χ0n) is 13.2. The first-order valence-corrected chi connectivity index (χ1v) is 7.29. The van der Waals surface area contributed by atoms with Gasteiger partial charge in [0, 0.05) is 18.5 Å². The lowest BCUT2D eigenvalue weighted by atomic mass is 9.96. The molecule has 2 N–H and O–H groups in total. The molecular formula is C18H20FNO3. The Morgan fingerprint density at radius 1 is 1.26 bits per heavy atom. The lowest BCUT2D eigenvalue weighted by Gasteiger charge is -2.24. The molecule has 0 aliphatic heterocycles. The van der Waals surface area contributed by atoms with Crippen LogP contribution in [0.4, 0.5) is 4.39 Å². The maximum Gasteiger partial charge on any atom is 0.251 e. The normalized spacial score (nSPS) is 13.2. The van der Waals surface area contributed by atoms with E-state index >= 15 is 0 Å². The number of aliphatic hydroxyl groups is 1. The molecular weight excluding hydrogens is 297 g/mol. The van der Waals surface area contributed by atoms with Crippen molar-refractivity contribution in [3.8, 4) is 5.75 Å². The van der Waals surface area contributed by atoms with Crippen molar-refractivity contribution in [1.82, 2.24) is 5.32 Å². The monoisotopic (exact) mass is 317 g/mol. The Hall–Kier alpha value is -2.40. The fourth-order valence-corrected chi connectivity index (χ4v) is 2.25. The Labute approximate surface area is 134 Å². The van der Waals surface area contributed by atoms with Crippen LogP contribution in [0, 0.1) is 5.82 Å². The predicted molar refractivity (Wildman–Crippen MR) is 86.1 cm³/mol. The molecule has 2 aromatic rings. The summed E-state index contributed by atoms with van der Waals surface area (Å²) >= 11 is 0. The maximum atomic E-state index is 13.1. The number of rotatable bonds is 6. The van der Waals surface area contributed by atoms with Crippen LogP contribution >= 0.6 is 0 Å². The van der Waals surface area contributed by atoms with Gasteiger partial charge in [0.2, 0.25) is 0 Å². The van der Waals surface area contributed by atoms with Crippen molar-refractivity contribution in [2.75, 3.05) is 13.7 Å². The molecule has 0 saturated heterocycles. The van der Waals surface area contributed by atoms with Crippen molar-refractivity contribution in [3.05, 3.63) is 65.5 Å².